The maximum absolute atomic E-state index is 4.45. The molecule has 2 aromatic heterocycles. The number of aryl methyl sites for hydroxylation is 1. The van der Waals surface area contributed by atoms with Gasteiger partial charge in [-0.15, -0.1) is 35.3 Å². The second kappa shape index (κ2) is 10.3. The monoisotopic (exact) mass is 482 g/mol. The van der Waals surface area contributed by atoms with E-state index in [0.29, 0.717) is 13.1 Å². The number of thiazole rings is 1. The minimum Gasteiger partial charge on any atom is -0.350 e. The van der Waals surface area contributed by atoms with Crippen LogP contribution in [0.4, 0.5) is 0 Å². The van der Waals surface area contributed by atoms with Gasteiger partial charge in [-0.3, -0.25) is 4.99 Å². The molecule has 8 heteroatoms. The van der Waals surface area contributed by atoms with Gasteiger partial charge in [-0.2, -0.15) is 0 Å². The third-order valence-electron chi connectivity index (χ3n) is 3.71. The number of aromatic nitrogens is 3. The smallest absolute Gasteiger partial charge is 0.191 e. The fraction of sp³-hybridized carbons (Fsp3) is 0.278. The van der Waals surface area contributed by atoms with Crippen molar-refractivity contribution in [3.05, 3.63) is 70.2 Å². The normalized spacial score (nSPS) is 11.1. The molecule has 0 amide bonds. The summed E-state index contributed by atoms with van der Waals surface area (Å²) in [5, 5.41) is 7.64. The van der Waals surface area contributed by atoms with Gasteiger partial charge in [0.2, 0.25) is 0 Å². The van der Waals surface area contributed by atoms with Crippen LogP contribution in [0.5, 0.6) is 0 Å². The van der Waals surface area contributed by atoms with Gasteiger partial charge in [0.1, 0.15) is 10.8 Å². The van der Waals surface area contributed by atoms with Gasteiger partial charge in [-0.25, -0.2) is 9.97 Å². The summed E-state index contributed by atoms with van der Waals surface area (Å²) in [4.78, 5) is 14.3. The summed E-state index contributed by atoms with van der Waals surface area (Å²) >= 11 is 1.69. The van der Waals surface area contributed by atoms with Crippen LogP contribution >= 0.6 is 35.3 Å². The molecule has 26 heavy (non-hydrogen) atoms. The van der Waals surface area contributed by atoms with Crippen molar-refractivity contribution in [2.75, 3.05) is 7.05 Å². The van der Waals surface area contributed by atoms with Gasteiger partial charge in [-0.1, -0.05) is 30.3 Å². The molecule has 138 valence electrons. The molecular weight excluding hydrogens is 459 g/mol. The number of hydrogen-bond acceptors (Lipinski definition) is 4. The van der Waals surface area contributed by atoms with Crippen LogP contribution in [0, 0.1) is 6.92 Å². The van der Waals surface area contributed by atoms with E-state index >= 15 is 0 Å². The van der Waals surface area contributed by atoms with Crippen LogP contribution in [-0.2, 0) is 19.6 Å². The predicted octanol–water partition coefficient (Wildman–Crippen LogP) is 3.18. The molecule has 0 spiro atoms. The Morgan fingerprint density at radius 1 is 1.15 bits per heavy atom. The molecule has 0 fully saturated rings. The number of imidazole rings is 1. The van der Waals surface area contributed by atoms with E-state index in [4.69, 9.17) is 0 Å². The van der Waals surface area contributed by atoms with Crippen molar-refractivity contribution in [2.24, 2.45) is 4.99 Å². The highest BCUT2D eigenvalue weighted by Crippen LogP contribution is 2.10. The Bertz CT molecular complexity index is 827. The first kappa shape index (κ1) is 20.4. The minimum atomic E-state index is 0. The lowest BCUT2D eigenvalue weighted by Crippen LogP contribution is -2.37. The predicted molar refractivity (Wildman–Crippen MR) is 117 cm³/mol. The summed E-state index contributed by atoms with van der Waals surface area (Å²) in [5.74, 6) is 1.71. The lowest BCUT2D eigenvalue weighted by atomic mass is 10.2. The summed E-state index contributed by atoms with van der Waals surface area (Å²) in [6.45, 7) is 4.14. The van der Waals surface area contributed by atoms with Crippen LogP contribution in [0.25, 0.3) is 0 Å². The molecule has 3 rings (SSSR count). The summed E-state index contributed by atoms with van der Waals surface area (Å²) in [5.41, 5.74) is 1.25. The van der Waals surface area contributed by atoms with Crippen LogP contribution in [0.15, 0.2) is 53.9 Å². The second-order valence-corrected chi connectivity index (χ2v) is 6.92. The zero-order valence-electron chi connectivity index (χ0n) is 14.8. The van der Waals surface area contributed by atoms with Crippen LogP contribution < -0.4 is 10.6 Å². The fourth-order valence-corrected chi connectivity index (χ4v) is 3.18. The Hall–Kier alpha value is -1.94. The highest BCUT2D eigenvalue weighted by Gasteiger charge is 2.06. The Labute approximate surface area is 174 Å². The van der Waals surface area contributed by atoms with E-state index in [-0.39, 0.29) is 24.0 Å². The van der Waals surface area contributed by atoms with Gasteiger partial charge in [0.05, 0.1) is 13.1 Å². The molecule has 0 unspecified atom stereocenters. The average molecular weight is 482 g/mol. The third kappa shape index (κ3) is 5.80. The van der Waals surface area contributed by atoms with Crippen LogP contribution in [0.1, 0.15) is 21.3 Å². The Kier molecular flexibility index (Phi) is 8.05. The van der Waals surface area contributed by atoms with Gasteiger partial charge in [0.25, 0.3) is 0 Å². The number of guanidine groups is 1. The third-order valence-corrected chi connectivity index (χ3v) is 4.62. The van der Waals surface area contributed by atoms with Crippen molar-refractivity contribution in [2.45, 2.75) is 26.6 Å². The molecule has 2 N–H and O–H groups in total. The first-order valence-corrected chi connectivity index (χ1v) is 8.96. The maximum Gasteiger partial charge on any atom is 0.191 e. The summed E-state index contributed by atoms with van der Waals surface area (Å²) in [6, 6.07) is 10.4. The average Bonchev–Trinajstić information content (AvgIpc) is 3.25. The van der Waals surface area contributed by atoms with E-state index < -0.39 is 0 Å². The van der Waals surface area contributed by atoms with Crippen LogP contribution in [-0.4, -0.2) is 27.5 Å². The van der Waals surface area contributed by atoms with Crippen molar-refractivity contribution < 1.29 is 0 Å². The second-order valence-electron chi connectivity index (χ2n) is 5.60. The van der Waals surface area contributed by atoms with E-state index in [1.807, 2.05) is 24.7 Å². The van der Waals surface area contributed by atoms with Crippen LogP contribution in [0.3, 0.4) is 0 Å². The summed E-state index contributed by atoms with van der Waals surface area (Å²) in [7, 11) is 1.76. The molecule has 2 heterocycles. The first-order valence-electron chi connectivity index (χ1n) is 8.14. The van der Waals surface area contributed by atoms with Gasteiger partial charge < -0.3 is 15.2 Å². The summed E-state index contributed by atoms with van der Waals surface area (Å²) < 4.78 is 2.14. The van der Waals surface area contributed by atoms with Crippen molar-refractivity contribution in [1.82, 2.24) is 25.2 Å². The number of aliphatic imine (C=N–C) groups is 1. The molecule has 0 radical (unpaired) electrons. The van der Waals surface area contributed by atoms with Crippen molar-refractivity contribution >= 4 is 41.3 Å². The molecular formula is C18H23IN6S. The number of halogens is 1. The number of hydrogen-bond donors (Lipinski definition) is 2. The fourth-order valence-electron chi connectivity index (χ4n) is 2.46. The lowest BCUT2D eigenvalue weighted by molar-refractivity contribution is 0.687. The summed E-state index contributed by atoms with van der Waals surface area (Å²) in [6.07, 6.45) is 5.71. The van der Waals surface area contributed by atoms with E-state index in [1.54, 1.807) is 18.4 Å². The molecule has 0 bridgehead atoms. The zero-order valence-corrected chi connectivity index (χ0v) is 18.0. The van der Waals surface area contributed by atoms with Crippen LogP contribution in [0.2, 0.25) is 0 Å². The molecule has 3 aromatic rings. The van der Waals surface area contributed by atoms with Gasteiger partial charge in [0, 0.05) is 37.1 Å². The lowest BCUT2D eigenvalue weighted by Gasteiger charge is -2.12. The van der Waals surface area contributed by atoms with E-state index in [2.05, 4.69) is 61.4 Å². The molecule has 6 nitrogen and oxygen atoms in total. The van der Waals surface area contributed by atoms with E-state index in [1.165, 1.54) is 10.4 Å². The quantitative estimate of drug-likeness (QED) is 0.322. The standard InChI is InChI=1S/C18H22N6S.HI/c1-14-10-21-17(25-14)12-23-18(19-2)22-11-16-20-8-9-24(16)13-15-6-4-3-5-7-15;/h3-10H,11-13H2,1-2H3,(H2,19,22,23);1H. The van der Waals surface area contributed by atoms with Gasteiger partial charge in [0.15, 0.2) is 5.96 Å². The van der Waals surface area contributed by atoms with Gasteiger partial charge >= 0.3 is 0 Å². The minimum absolute atomic E-state index is 0. The number of nitrogens with zero attached hydrogens (tertiary/aromatic N) is 4. The number of rotatable bonds is 6. The molecule has 0 saturated carbocycles. The molecule has 1 aromatic carbocycles. The zero-order chi connectivity index (χ0) is 17.5. The largest absolute Gasteiger partial charge is 0.350 e. The van der Waals surface area contributed by atoms with E-state index in [0.717, 1.165) is 23.3 Å². The molecule has 0 saturated heterocycles. The molecule has 0 aliphatic carbocycles. The highest BCUT2D eigenvalue weighted by atomic mass is 127. The molecule has 0 aliphatic heterocycles. The van der Waals surface area contributed by atoms with E-state index in [9.17, 15) is 0 Å². The Morgan fingerprint density at radius 3 is 2.62 bits per heavy atom. The maximum atomic E-state index is 4.45. The van der Waals surface area contributed by atoms with Gasteiger partial charge in [-0.05, 0) is 12.5 Å². The first-order chi connectivity index (χ1) is 12.2. The SMILES string of the molecule is CN=C(NCc1ncc(C)s1)NCc1nccn1Cc1ccccc1.I. The Balaban J connectivity index is 0.00000243. The Morgan fingerprint density at radius 2 is 1.92 bits per heavy atom. The number of nitrogens with one attached hydrogen (secondary N) is 2. The molecule has 0 atom stereocenters. The van der Waals surface area contributed by atoms with Crippen molar-refractivity contribution in [1.29, 1.82) is 0 Å². The molecule has 0 aliphatic rings. The topological polar surface area (TPSA) is 67.1 Å². The highest BCUT2D eigenvalue weighted by molar-refractivity contribution is 14.0. The van der Waals surface area contributed by atoms with Crippen molar-refractivity contribution in [3.63, 3.8) is 0 Å². The number of benzene rings is 1. The van der Waals surface area contributed by atoms with Crippen molar-refractivity contribution in [3.8, 4) is 0 Å².